The molecule has 1 aliphatic rings. The van der Waals surface area contributed by atoms with E-state index in [1.807, 2.05) is 0 Å². The maximum Gasteiger partial charge on any atom is -0.0228 e. The molecule has 0 amide bonds. The van der Waals surface area contributed by atoms with Crippen LogP contribution in [0.2, 0.25) is 0 Å². The van der Waals surface area contributed by atoms with Crippen molar-refractivity contribution in [3.05, 3.63) is 77.4 Å². The fraction of sp³-hybridized carbons (Fsp3) is 0.300. The Morgan fingerprint density at radius 2 is 1.85 bits per heavy atom. The van der Waals surface area contributed by atoms with E-state index in [1.165, 1.54) is 47.9 Å². The highest BCUT2D eigenvalue weighted by Crippen LogP contribution is 2.31. The monoisotopic (exact) mass is 262 g/mol. The summed E-state index contributed by atoms with van der Waals surface area (Å²) < 4.78 is 0. The van der Waals surface area contributed by atoms with Crippen LogP contribution in [0.15, 0.2) is 60.7 Å². The largest absolute Gasteiger partial charge is 0.0804 e. The first-order valence-electron chi connectivity index (χ1n) is 7.61. The Balaban J connectivity index is 1.65. The molecule has 0 nitrogen and oxygen atoms in total. The quantitative estimate of drug-likeness (QED) is 0.692. The van der Waals surface area contributed by atoms with Crippen molar-refractivity contribution in [2.45, 2.75) is 32.6 Å². The smallest absolute Gasteiger partial charge is 0.0228 e. The predicted octanol–water partition coefficient (Wildman–Crippen LogP) is 5.42. The number of aryl methyl sites for hydroxylation is 1. The fourth-order valence-corrected chi connectivity index (χ4v) is 3.16. The molecule has 0 saturated heterocycles. The average molecular weight is 262 g/mol. The number of allylic oxidation sites excluding steroid dienone is 2. The summed E-state index contributed by atoms with van der Waals surface area (Å²) in [6, 6.07) is 19.8. The molecule has 0 radical (unpaired) electrons. The summed E-state index contributed by atoms with van der Waals surface area (Å²) in [4.78, 5) is 0. The van der Waals surface area contributed by atoms with Gasteiger partial charge in [0.15, 0.2) is 0 Å². The number of rotatable bonds is 3. The molecular weight excluding hydrogens is 240 g/mol. The predicted molar refractivity (Wildman–Crippen MR) is 86.6 cm³/mol. The SMILES string of the molecule is Cc1cccc(C[C@H]2CC=C(c3ccccc3)CC2)c1. The van der Waals surface area contributed by atoms with Gasteiger partial charge in [-0.15, -0.1) is 0 Å². The van der Waals surface area contributed by atoms with E-state index in [4.69, 9.17) is 0 Å². The van der Waals surface area contributed by atoms with Gasteiger partial charge >= 0.3 is 0 Å². The maximum atomic E-state index is 2.46. The lowest BCUT2D eigenvalue weighted by Gasteiger charge is -2.22. The topological polar surface area (TPSA) is 0 Å². The van der Waals surface area contributed by atoms with Gasteiger partial charge in [-0.25, -0.2) is 0 Å². The molecule has 3 rings (SSSR count). The van der Waals surface area contributed by atoms with Gasteiger partial charge < -0.3 is 0 Å². The van der Waals surface area contributed by atoms with Gasteiger partial charge in [-0.05, 0) is 55.2 Å². The lowest BCUT2D eigenvalue weighted by atomic mass is 9.83. The standard InChI is InChI=1S/C20H22/c1-16-6-5-7-18(14-16)15-17-10-12-20(13-11-17)19-8-3-2-4-9-19/h2-9,12,14,17H,10-11,13,15H2,1H3/t17-/m0/s1. The summed E-state index contributed by atoms with van der Waals surface area (Å²) in [5, 5.41) is 0. The highest BCUT2D eigenvalue weighted by Gasteiger charge is 2.15. The number of hydrogen-bond acceptors (Lipinski definition) is 0. The maximum absolute atomic E-state index is 2.46. The van der Waals surface area contributed by atoms with Crippen LogP contribution in [0.4, 0.5) is 0 Å². The summed E-state index contributed by atoms with van der Waals surface area (Å²) in [6.07, 6.45) is 7.44. The van der Waals surface area contributed by atoms with Gasteiger partial charge in [-0.2, -0.15) is 0 Å². The lowest BCUT2D eigenvalue weighted by molar-refractivity contribution is 0.483. The second kappa shape index (κ2) is 6.09. The molecule has 102 valence electrons. The summed E-state index contributed by atoms with van der Waals surface area (Å²) in [7, 11) is 0. The van der Waals surface area contributed by atoms with Gasteiger partial charge in [0.25, 0.3) is 0 Å². The highest BCUT2D eigenvalue weighted by atomic mass is 14.2. The first-order valence-corrected chi connectivity index (χ1v) is 7.61. The first kappa shape index (κ1) is 13.2. The highest BCUT2D eigenvalue weighted by molar-refractivity contribution is 5.66. The van der Waals surface area contributed by atoms with Crippen LogP contribution in [0.5, 0.6) is 0 Å². The Bertz CT molecular complexity index is 592. The van der Waals surface area contributed by atoms with Gasteiger partial charge in [0.2, 0.25) is 0 Å². The van der Waals surface area contributed by atoms with Crippen molar-refractivity contribution in [1.29, 1.82) is 0 Å². The number of benzene rings is 2. The molecule has 20 heavy (non-hydrogen) atoms. The van der Waals surface area contributed by atoms with Gasteiger partial charge in [0, 0.05) is 0 Å². The van der Waals surface area contributed by atoms with Crippen LogP contribution >= 0.6 is 0 Å². The molecule has 0 N–H and O–H groups in total. The Morgan fingerprint density at radius 1 is 1.00 bits per heavy atom. The van der Waals surface area contributed by atoms with Crippen LogP contribution < -0.4 is 0 Å². The van der Waals surface area contributed by atoms with Crippen molar-refractivity contribution < 1.29 is 0 Å². The van der Waals surface area contributed by atoms with Gasteiger partial charge in [-0.3, -0.25) is 0 Å². The number of hydrogen-bond donors (Lipinski definition) is 0. The van der Waals surface area contributed by atoms with E-state index in [9.17, 15) is 0 Å². The van der Waals surface area contributed by atoms with Crippen LogP contribution in [0.3, 0.4) is 0 Å². The zero-order valence-electron chi connectivity index (χ0n) is 12.2. The summed E-state index contributed by atoms with van der Waals surface area (Å²) in [6.45, 7) is 2.18. The Morgan fingerprint density at radius 3 is 2.55 bits per heavy atom. The van der Waals surface area contributed by atoms with Crippen molar-refractivity contribution in [2.75, 3.05) is 0 Å². The minimum Gasteiger partial charge on any atom is -0.0804 e. The van der Waals surface area contributed by atoms with E-state index in [1.54, 1.807) is 0 Å². The molecule has 1 aliphatic carbocycles. The van der Waals surface area contributed by atoms with Crippen LogP contribution in [0, 0.1) is 12.8 Å². The summed E-state index contributed by atoms with van der Waals surface area (Å²) in [5.74, 6) is 0.810. The molecule has 0 fully saturated rings. The van der Waals surface area contributed by atoms with Gasteiger partial charge in [0.05, 0.1) is 0 Å². The first-order chi connectivity index (χ1) is 9.81. The third kappa shape index (κ3) is 3.19. The Hall–Kier alpha value is -1.82. The van der Waals surface area contributed by atoms with Gasteiger partial charge in [-0.1, -0.05) is 66.2 Å². The fourth-order valence-electron chi connectivity index (χ4n) is 3.16. The molecule has 0 heterocycles. The third-order valence-electron chi connectivity index (χ3n) is 4.27. The van der Waals surface area contributed by atoms with Crippen molar-refractivity contribution in [3.8, 4) is 0 Å². The van der Waals surface area contributed by atoms with Crippen LogP contribution in [-0.4, -0.2) is 0 Å². The van der Waals surface area contributed by atoms with Crippen LogP contribution in [0.25, 0.3) is 5.57 Å². The van der Waals surface area contributed by atoms with Crippen molar-refractivity contribution >= 4 is 5.57 Å². The summed E-state index contributed by atoms with van der Waals surface area (Å²) >= 11 is 0. The second-order valence-corrected chi connectivity index (χ2v) is 5.93. The Labute approximate surface area is 122 Å². The second-order valence-electron chi connectivity index (χ2n) is 5.93. The van der Waals surface area contributed by atoms with E-state index in [0.717, 1.165) is 5.92 Å². The normalized spacial score (nSPS) is 18.6. The molecule has 2 aromatic carbocycles. The van der Waals surface area contributed by atoms with Crippen molar-refractivity contribution in [3.63, 3.8) is 0 Å². The van der Waals surface area contributed by atoms with Crippen molar-refractivity contribution in [2.24, 2.45) is 5.92 Å². The van der Waals surface area contributed by atoms with E-state index >= 15 is 0 Å². The zero-order chi connectivity index (χ0) is 13.8. The third-order valence-corrected chi connectivity index (χ3v) is 4.27. The molecule has 0 unspecified atom stereocenters. The molecule has 2 aromatic rings. The molecule has 0 spiro atoms. The molecule has 0 aliphatic heterocycles. The van der Waals surface area contributed by atoms with E-state index in [-0.39, 0.29) is 0 Å². The lowest BCUT2D eigenvalue weighted by Crippen LogP contribution is -2.08. The van der Waals surface area contributed by atoms with E-state index < -0.39 is 0 Å². The average Bonchev–Trinajstić information content (AvgIpc) is 2.49. The van der Waals surface area contributed by atoms with Crippen LogP contribution in [0.1, 0.15) is 36.0 Å². The molecule has 0 saturated carbocycles. The van der Waals surface area contributed by atoms with Crippen molar-refractivity contribution in [1.82, 2.24) is 0 Å². The summed E-state index contributed by atoms with van der Waals surface area (Å²) in [5.41, 5.74) is 5.80. The molecule has 0 aromatic heterocycles. The molecule has 0 heteroatoms. The minimum atomic E-state index is 0.810. The Kier molecular flexibility index (Phi) is 4.01. The minimum absolute atomic E-state index is 0.810. The van der Waals surface area contributed by atoms with Crippen LogP contribution in [-0.2, 0) is 6.42 Å². The molecular formula is C20H22. The van der Waals surface area contributed by atoms with E-state index in [2.05, 4.69) is 67.6 Å². The zero-order valence-corrected chi connectivity index (χ0v) is 12.2. The molecule has 0 bridgehead atoms. The van der Waals surface area contributed by atoms with E-state index in [0.29, 0.717) is 0 Å². The van der Waals surface area contributed by atoms with Gasteiger partial charge in [0.1, 0.15) is 0 Å². The molecule has 1 atom stereocenters.